The lowest BCUT2D eigenvalue weighted by molar-refractivity contribution is 1.18. The van der Waals surface area contributed by atoms with E-state index in [0.717, 1.165) is 44.6 Å². The molecule has 9 aromatic rings. The van der Waals surface area contributed by atoms with Crippen molar-refractivity contribution >= 4 is 21.5 Å². The molecule has 10 rings (SSSR count). The van der Waals surface area contributed by atoms with E-state index < -0.39 is 0 Å². The number of rotatable bonds is 5. The SMILES string of the molecule is c1ccc(-c2nc(-c3ccc(-c4cncc5ccccc45)cc3)cc(-c3ccc(-c4ccc5c6c(cccc46)-c4ccccc4-5)cc3)n2)cc1. The Balaban J connectivity index is 1.04. The maximum absolute atomic E-state index is 5.09. The zero-order valence-corrected chi connectivity index (χ0v) is 27.1. The first-order valence-corrected chi connectivity index (χ1v) is 16.9. The Bertz CT molecular complexity index is 2700. The summed E-state index contributed by atoms with van der Waals surface area (Å²) in [6.07, 6.45) is 3.86. The second-order valence-corrected chi connectivity index (χ2v) is 12.8. The maximum Gasteiger partial charge on any atom is 0.160 e. The first-order valence-electron chi connectivity index (χ1n) is 16.9. The molecule has 1 aliphatic carbocycles. The molecular formula is C47H29N3. The van der Waals surface area contributed by atoms with Crippen LogP contribution >= 0.6 is 0 Å². The van der Waals surface area contributed by atoms with Gasteiger partial charge in [0, 0.05) is 40.0 Å². The molecule has 2 heterocycles. The molecule has 0 saturated heterocycles. The molecule has 50 heavy (non-hydrogen) atoms. The van der Waals surface area contributed by atoms with Crippen molar-refractivity contribution in [3.05, 3.63) is 176 Å². The van der Waals surface area contributed by atoms with Crippen LogP contribution in [0, 0.1) is 0 Å². The molecule has 0 saturated carbocycles. The second-order valence-electron chi connectivity index (χ2n) is 12.8. The predicted molar refractivity (Wildman–Crippen MR) is 206 cm³/mol. The average molecular weight is 636 g/mol. The zero-order valence-electron chi connectivity index (χ0n) is 27.1. The third-order valence-corrected chi connectivity index (χ3v) is 9.96. The predicted octanol–water partition coefficient (Wildman–Crippen LogP) is 12.2. The van der Waals surface area contributed by atoms with Crippen molar-refractivity contribution < 1.29 is 0 Å². The van der Waals surface area contributed by atoms with Gasteiger partial charge in [-0.2, -0.15) is 0 Å². The van der Waals surface area contributed by atoms with Crippen molar-refractivity contribution in [2.45, 2.75) is 0 Å². The van der Waals surface area contributed by atoms with E-state index in [2.05, 4.69) is 145 Å². The van der Waals surface area contributed by atoms with Gasteiger partial charge in [-0.05, 0) is 61.2 Å². The van der Waals surface area contributed by atoms with Gasteiger partial charge < -0.3 is 0 Å². The van der Waals surface area contributed by atoms with Crippen LogP contribution in [-0.2, 0) is 0 Å². The highest BCUT2D eigenvalue weighted by molar-refractivity contribution is 6.18. The van der Waals surface area contributed by atoms with Gasteiger partial charge in [-0.15, -0.1) is 0 Å². The summed E-state index contributed by atoms with van der Waals surface area (Å²) in [6, 6.07) is 58.1. The van der Waals surface area contributed by atoms with Crippen molar-refractivity contribution in [3.63, 3.8) is 0 Å². The largest absolute Gasteiger partial charge is 0.263 e. The Kier molecular flexibility index (Phi) is 6.49. The normalized spacial score (nSPS) is 11.6. The number of hydrogen-bond acceptors (Lipinski definition) is 3. The number of nitrogens with zero attached hydrogens (tertiary/aromatic N) is 3. The van der Waals surface area contributed by atoms with Crippen LogP contribution in [0.25, 0.3) is 100.0 Å². The van der Waals surface area contributed by atoms with E-state index in [4.69, 9.17) is 9.97 Å². The summed E-state index contributed by atoms with van der Waals surface area (Å²) in [7, 11) is 0. The molecule has 232 valence electrons. The lowest BCUT2D eigenvalue weighted by atomic mass is 9.93. The van der Waals surface area contributed by atoms with Crippen molar-refractivity contribution in [2.24, 2.45) is 0 Å². The molecule has 0 amide bonds. The third kappa shape index (κ3) is 4.63. The first-order chi connectivity index (χ1) is 24.8. The van der Waals surface area contributed by atoms with E-state index >= 15 is 0 Å². The minimum absolute atomic E-state index is 0.705. The lowest BCUT2D eigenvalue weighted by Crippen LogP contribution is -1.96. The van der Waals surface area contributed by atoms with Crippen LogP contribution in [0.5, 0.6) is 0 Å². The van der Waals surface area contributed by atoms with E-state index in [0.29, 0.717) is 5.82 Å². The van der Waals surface area contributed by atoms with Crippen LogP contribution in [-0.4, -0.2) is 15.0 Å². The van der Waals surface area contributed by atoms with E-state index in [1.807, 2.05) is 36.7 Å². The fourth-order valence-electron chi connectivity index (χ4n) is 7.51. The summed E-state index contributed by atoms with van der Waals surface area (Å²) in [6.45, 7) is 0. The molecule has 0 atom stereocenters. The highest BCUT2D eigenvalue weighted by Gasteiger charge is 2.22. The Morgan fingerprint density at radius 2 is 0.860 bits per heavy atom. The molecule has 2 aromatic heterocycles. The molecule has 0 N–H and O–H groups in total. The topological polar surface area (TPSA) is 38.7 Å². The fraction of sp³-hybridized carbons (Fsp3) is 0. The van der Waals surface area contributed by atoms with Crippen LogP contribution in [0.15, 0.2) is 176 Å². The van der Waals surface area contributed by atoms with Crippen molar-refractivity contribution in [3.8, 4) is 78.4 Å². The molecule has 0 aliphatic heterocycles. The van der Waals surface area contributed by atoms with Gasteiger partial charge >= 0.3 is 0 Å². The number of benzene rings is 7. The Labute approximate surface area is 290 Å². The van der Waals surface area contributed by atoms with Gasteiger partial charge in [0.05, 0.1) is 11.4 Å². The Hall–Kier alpha value is -6.71. The van der Waals surface area contributed by atoms with E-state index in [1.165, 1.54) is 49.5 Å². The fourth-order valence-corrected chi connectivity index (χ4v) is 7.51. The molecular weight excluding hydrogens is 607 g/mol. The van der Waals surface area contributed by atoms with E-state index in [-0.39, 0.29) is 0 Å². The molecule has 0 radical (unpaired) electrons. The van der Waals surface area contributed by atoms with Gasteiger partial charge in [-0.25, -0.2) is 9.97 Å². The molecule has 3 nitrogen and oxygen atoms in total. The summed E-state index contributed by atoms with van der Waals surface area (Å²) in [5.74, 6) is 0.705. The Morgan fingerprint density at radius 3 is 1.58 bits per heavy atom. The highest BCUT2D eigenvalue weighted by atomic mass is 14.9. The smallest absolute Gasteiger partial charge is 0.160 e. The first kappa shape index (κ1) is 28.3. The van der Waals surface area contributed by atoms with Crippen LogP contribution < -0.4 is 0 Å². The van der Waals surface area contributed by atoms with Crippen LogP contribution in [0.4, 0.5) is 0 Å². The quantitative estimate of drug-likeness (QED) is 0.189. The standard InChI is InChI=1S/C47H29N3/c1-2-9-34(10-3-1)47-49-44(27-45(50-47)33-23-19-31(20-24-33)43-29-48-28-35-11-4-5-12-36(35)43)32-21-17-30(18-22-32)37-25-26-42-39-14-7-6-13-38(39)41-16-8-15-40(37)46(41)42/h1-29H. The van der Waals surface area contributed by atoms with Crippen molar-refractivity contribution in [1.82, 2.24) is 15.0 Å². The average Bonchev–Trinajstić information content (AvgIpc) is 3.53. The monoisotopic (exact) mass is 635 g/mol. The van der Waals surface area contributed by atoms with Crippen LogP contribution in [0.3, 0.4) is 0 Å². The number of fused-ring (bicyclic) bond motifs is 4. The second kappa shape index (κ2) is 11.5. The van der Waals surface area contributed by atoms with Gasteiger partial charge in [0.25, 0.3) is 0 Å². The molecule has 1 aliphatic rings. The van der Waals surface area contributed by atoms with Gasteiger partial charge in [0.2, 0.25) is 0 Å². The van der Waals surface area contributed by atoms with Gasteiger partial charge in [0.1, 0.15) is 0 Å². The van der Waals surface area contributed by atoms with E-state index in [9.17, 15) is 0 Å². The number of pyridine rings is 1. The van der Waals surface area contributed by atoms with Gasteiger partial charge in [-0.3, -0.25) is 4.98 Å². The Morgan fingerprint density at radius 1 is 0.320 bits per heavy atom. The van der Waals surface area contributed by atoms with Crippen LogP contribution in [0.1, 0.15) is 0 Å². The summed E-state index contributed by atoms with van der Waals surface area (Å²) in [5.41, 5.74) is 14.8. The summed E-state index contributed by atoms with van der Waals surface area (Å²) in [5, 5.41) is 4.94. The summed E-state index contributed by atoms with van der Waals surface area (Å²) < 4.78 is 0. The van der Waals surface area contributed by atoms with E-state index in [1.54, 1.807) is 0 Å². The summed E-state index contributed by atoms with van der Waals surface area (Å²) >= 11 is 0. The van der Waals surface area contributed by atoms with Gasteiger partial charge in [-0.1, -0.05) is 158 Å². The van der Waals surface area contributed by atoms with Crippen molar-refractivity contribution in [1.29, 1.82) is 0 Å². The molecule has 3 heteroatoms. The maximum atomic E-state index is 5.09. The number of hydrogen-bond donors (Lipinski definition) is 0. The molecule has 0 bridgehead atoms. The van der Waals surface area contributed by atoms with Gasteiger partial charge in [0.15, 0.2) is 5.82 Å². The highest BCUT2D eigenvalue weighted by Crippen LogP contribution is 2.49. The van der Waals surface area contributed by atoms with Crippen molar-refractivity contribution in [2.75, 3.05) is 0 Å². The van der Waals surface area contributed by atoms with Crippen LogP contribution in [0.2, 0.25) is 0 Å². The number of aromatic nitrogens is 3. The molecule has 0 fully saturated rings. The molecule has 0 spiro atoms. The minimum atomic E-state index is 0.705. The lowest BCUT2D eigenvalue weighted by Gasteiger charge is -2.12. The third-order valence-electron chi connectivity index (χ3n) is 9.96. The molecule has 7 aromatic carbocycles. The summed E-state index contributed by atoms with van der Waals surface area (Å²) in [4.78, 5) is 14.7. The molecule has 0 unspecified atom stereocenters. The minimum Gasteiger partial charge on any atom is -0.263 e. The zero-order chi connectivity index (χ0) is 33.0.